The average Bonchev–Trinajstić information content (AvgIpc) is 2.80. The van der Waals surface area contributed by atoms with Gasteiger partial charge < -0.3 is 5.11 Å². The first-order valence-electron chi connectivity index (χ1n) is 12.1. The van der Waals surface area contributed by atoms with Crippen molar-refractivity contribution in [2.24, 2.45) is 0 Å². The third-order valence-electron chi connectivity index (χ3n) is 5.36. The maximum atomic E-state index is 10.0. The van der Waals surface area contributed by atoms with Gasteiger partial charge in [0.2, 0.25) is 0 Å². The fourth-order valence-electron chi connectivity index (χ4n) is 3.64. The van der Waals surface area contributed by atoms with Crippen LogP contribution in [0.15, 0.2) is 60.6 Å². The number of fused-ring (bicyclic) bond motifs is 1. The zero-order valence-electron chi connectivity index (χ0n) is 20.6. The number of aryl methyl sites for hydroxylation is 1. The van der Waals surface area contributed by atoms with E-state index in [1.807, 2.05) is 24.5 Å². The predicted octanol–water partition coefficient (Wildman–Crippen LogP) is 7.81. The third-order valence-corrected chi connectivity index (χ3v) is 5.36. The van der Waals surface area contributed by atoms with Crippen molar-refractivity contribution in [3.63, 3.8) is 0 Å². The summed E-state index contributed by atoms with van der Waals surface area (Å²) in [5.74, 6) is 0.697. The van der Waals surface area contributed by atoms with Gasteiger partial charge in [0.05, 0.1) is 11.6 Å². The second-order valence-corrected chi connectivity index (χ2v) is 8.51. The molecule has 1 radical (unpaired) electrons. The molecule has 34 heavy (non-hydrogen) atoms. The Hall–Kier alpha value is -2.36. The van der Waals surface area contributed by atoms with Crippen LogP contribution in [0.4, 0.5) is 0 Å². The van der Waals surface area contributed by atoms with Gasteiger partial charge in [0.25, 0.3) is 0 Å². The molecule has 5 heteroatoms. The fourth-order valence-corrected chi connectivity index (χ4v) is 3.64. The standard InChI is InChI=1S/C24H29N2.C5H8O2.Ir/c1-2-3-4-5-6-7-8-9-12-20-18-25-24(26-19-20)23-16-15-21-13-10-11-14-22(21)17-23;1-4(6)3-5(2)7;/h10-11,13-15,17-19H,2-9,12H2,1H3;3,6H,1-2H3;/q-1;;. The molecule has 1 N–H and O–H groups in total. The molecule has 0 saturated heterocycles. The summed E-state index contributed by atoms with van der Waals surface area (Å²) in [7, 11) is 0. The van der Waals surface area contributed by atoms with E-state index in [-0.39, 0.29) is 31.6 Å². The van der Waals surface area contributed by atoms with E-state index in [9.17, 15) is 4.79 Å². The third kappa shape index (κ3) is 11.7. The molecule has 2 aromatic carbocycles. The van der Waals surface area contributed by atoms with E-state index in [1.54, 1.807) is 0 Å². The first-order valence-corrected chi connectivity index (χ1v) is 12.1. The SMILES string of the molecule is CC(=O)C=C(C)O.CCCCCCCCCCc1cnc(-c2[c-]cc3ccccc3c2)nc1.[Ir]. The van der Waals surface area contributed by atoms with E-state index in [4.69, 9.17) is 5.11 Å². The van der Waals surface area contributed by atoms with Crippen molar-refractivity contribution in [2.45, 2.75) is 78.6 Å². The van der Waals surface area contributed by atoms with Crippen LogP contribution in [0.5, 0.6) is 0 Å². The molecule has 0 fully saturated rings. The molecule has 0 atom stereocenters. The Morgan fingerprint density at radius 3 is 2.09 bits per heavy atom. The molecular weight excluding hydrogens is 601 g/mol. The maximum Gasteiger partial charge on any atom is 0.155 e. The molecule has 0 spiro atoms. The molecule has 1 aromatic heterocycles. The monoisotopic (exact) mass is 638 g/mol. The number of carbonyl (C=O) groups is 1. The number of aliphatic hydroxyl groups excluding tert-OH is 1. The van der Waals surface area contributed by atoms with Crippen molar-refractivity contribution in [1.82, 2.24) is 9.97 Å². The summed E-state index contributed by atoms with van der Waals surface area (Å²) in [6.07, 6.45) is 17.0. The summed E-state index contributed by atoms with van der Waals surface area (Å²) in [6, 6.07) is 15.8. The summed E-state index contributed by atoms with van der Waals surface area (Å²) in [5.41, 5.74) is 2.20. The largest absolute Gasteiger partial charge is 0.512 e. The zero-order chi connectivity index (χ0) is 23.9. The van der Waals surface area contributed by atoms with Gasteiger partial charge in [0.1, 0.15) is 0 Å². The molecular formula is C29H37IrN2O2-. The number of aromatic nitrogens is 2. The van der Waals surface area contributed by atoms with Crippen molar-refractivity contribution in [2.75, 3.05) is 0 Å². The number of hydrogen-bond donors (Lipinski definition) is 1. The number of rotatable bonds is 11. The Labute approximate surface area is 218 Å². The minimum atomic E-state index is -0.125. The summed E-state index contributed by atoms with van der Waals surface area (Å²) in [4.78, 5) is 19.1. The maximum absolute atomic E-state index is 10.0. The van der Waals surface area contributed by atoms with E-state index in [2.05, 4.69) is 47.2 Å². The molecule has 3 rings (SSSR count). The number of benzene rings is 2. The van der Waals surface area contributed by atoms with Gasteiger partial charge in [-0.3, -0.25) is 14.8 Å². The molecule has 4 nitrogen and oxygen atoms in total. The minimum absolute atomic E-state index is 0. The van der Waals surface area contributed by atoms with Gasteiger partial charge in [0.15, 0.2) is 5.78 Å². The Kier molecular flexibility index (Phi) is 14.9. The normalized spacial score (nSPS) is 10.9. The second kappa shape index (κ2) is 17.1. The molecule has 0 aliphatic carbocycles. The van der Waals surface area contributed by atoms with E-state index < -0.39 is 0 Å². The Morgan fingerprint density at radius 2 is 1.53 bits per heavy atom. The topological polar surface area (TPSA) is 63.1 Å². The van der Waals surface area contributed by atoms with E-state index in [0.717, 1.165) is 17.8 Å². The van der Waals surface area contributed by atoms with Gasteiger partial charge in [-0.2, -0.15) is 0 Å². The van der Waals surface area contributed by atoms with Crippen LogP contribution in [-0.2, 0) is 31.3 Å². The second-order valence-electron chi connectivity index (χ2n) is 8.51. The summed E-state index contributed by atoms with van der Waals surface area (Å²) in [6.45, 7) is 5.12. The van der Waals surface area contributed by atoms with Crippen LogP contribution in [-0.4, -0.2) is 20.9 Å². The van der Waals surface area contributed by atoms with Crippen LogP contribution in [0.3, 0.4) is 0 Å². The number of hydrogen-bond acceptors (Lipinski definition) is 4. The van der Waals surface area contributed by atoms with E-state index >= 15 is 0 Å². The van der Waals surface area contributed by atoms with Crippen molar-refractivity contribution in [1.29, 1.82) is 0 Å². The molecule has 185 valence electrons. The first kappa shape index (κ1) is 29.7. The van der Waals surface area contributed by atoms with Gasteiger partial charge in [-0.25, -0.2) is 0 Å². The number of aliphatic hydroxyl groups is 1. The van der Waals surface area contributed by atoms with Gasteiger partial charge in [-0.1, -0.05) is 81.5 Å². The van der Waals surface area contributed by atoms with Crippen LogP contribution in [0.25, 0.3) is 22.2 Å². The first-order chi connectivity index (χ1) is 16.0. The summed E-state index contributed by atoms with van der Waals surface area (Å²) >= 11 is 0. The molecule has 0 amide bonds. The van der Waals surface area contributed by atoms with Crippen LogP contribution < -0.4 is 0 Å². The van der Waals surface area contributed by atoms with E-state index in [0.29, 0.717) is 0 Å². The van der Waals surface area contributed by atoms with Crippen LogP contribution in [0.1, 0.15) is 77.7 Å². The Balaban J connectivity index is 0.000000633. The Morgan fingerprint density at radius 1 is 0.941 bits per heavy atom. The minimum Gasteiger partial charge on any atom is -0.512 e. The molecule has 3 aromatic rings. The van der Waals surface area contributed by atoms with Crippen LogP contribution in [0, 0.1) is 6.07 Å². The molecule has 0 saturated carbocycles. The van der Waals surface area contributed by atoms with Gasteiger partial charge in [0, 0.05) is 38.6 Å². The quantitative estimate of drug-likeness (QED) is 0.101. The number of allylic oxidation sites excluding steroid dienone is 2. The molecule has 1 heterocycles. The smallest absolute Gasteiger partial charge is 0.155 e. The fraction of sp³-hybridized carbons (Fsp3) is 0.414. The van der Waals surface area contributed by atoms with Crippen LogP contribution >= 0.6 is 0 Å². The Bertz CT molecular complexity index is 1010. The molecule has 0 aliphatic heterocycles. The number of unbranched alkanes of at least 4 members (excludes halogenated alkanes) is 7. The molecule has 0 bridgehead atoms. The van der Waals surface area contributed by atoms with E-state index in [1.165, 1.54) is 87.6 Å². The van der Waals surface area contributed by atoms with Crippen molar-refractivity contribution in [3.8, 4) is 11.4 Å². The van der Waals surface area contributed by atoms with Crippen LogP contribution in [0.2, 0.25) is 0 Å². The summed E-state index contributed by atoms with van der Waals surface area (Å²) < 4.78 is 0. The number of nitrogens with zero attached hydrogens (tertiary/aromatic N) is 2. The molecule has 0 unspecified atom stereocenters. The zero-order valence-corrected chi connectivity index (χ0v) is 23.0. The average molecular weight is 638 g/mol. The number of carbonyl (C=O) groups excluding carboxylic acids is 1. The predicted molar refractivity (Wildman–Crippen MR) is 137 cm³/mol. The summed E-state index contributed by atoms with van der Waals surface area (Å²) in [5, 5.41) is 10.8. The van der Waals surface area contributed by atoms with Gasteiger partial charge in [-0.05, 0) is 32.3 Å². The van der Waals surface area contributed by atoms with Gasteiger partial charge >= 0.3 is 0 Å². The molecule has 0 aliphatic rings. The number of ketones is 1. The van der Waals surface area contributed by atoms with Gasteiger partial charge in [-0.15, -0.1) is 29.1 Å². The van der Waals surface area contributed by atoms with Crippen molar-refractivity contribution in [3.05, 3.63) is 72.3 Å². The van der Waals surface area contributed by atoms with Crippen molar-refractivity contribution >= 4 is 16.6 Å². The van der Waals surface area contributed by atoms with Crippen molar-refractivity contribution < 1.29 is 30.0 Å².